The predicted octanol–water partition coefficient (Wildman–Crippen LogP) is 3.01. The molecule has 0 radical (unpaired) electrons. The fraction of sp³-hybridized carbons (Fsp3) is 0.636. The normalized spacial score (nSPS) is 18.6. The Kier molecular flexibility index (Phi) is 10.8. The van der Waals surface area contributed by atoms with Crippen LogP contribution in [0.3, 0.4) is 0 Å². The van der Waals surface area contributed by atoms with Crippen LogP contribution in [0.2, 0.25) is 0 Å². The monoisotopic (exact) mass is 513 g/mol. The number of aliphatic imine (C=N–C) groups is 1. The van der Waals surface area contributed by atoms with Gasteiger partial charge in [-0.1, -0.05) is 30.3 Å². The van der Waals surface area contributed by atoms with Crippen molar-refractivity contribution in [3.05, 3.63) is 35.9 Å². The number of hydrogen-bond donors (Lipinski definition) is 2. The molecule has 2 aliphatic rings. The summed E-state index contributed by atoms with van der Waals surface area (Å²) in [6, 6.07) is 11.1. The first-order chi connectivity index (χ1) is 13.8. The molecule has 0 saturated carbocycles. The van der Waals surface area contributed by atoms with Gasteiger partial charge in [-0.15, -0.1) is 24.0 Å². The molecular formula is C22H36IN5O. The van der Waals surface area contributed by atoms with Crippen molar-refractivity contribution in [3.8, 4) is 0 Å². The second-order valence-corrected chi connectivity index (χ2v) is 7.65. The molecule has 29 heavy (non-hydrogen) atoms. The number of carbonyl (C=O) groups excluding carboxylic acids is 1. The average molecular weight is 513 g/mol. The third-order valence-corrected chi connectivity index (χ3v) is 5.60. The van der Waals surface area contributed by atoms with E-state index in [-0.39, 0.29) is 24.0 Å². The molecule has 2 N–H and O–H groups in total. The zero-order valence-corrected chi connectivity index (χ0v) is 19.9. The summed E-state index contributed by atoms with van der Waals surface area (Å²) in [6.07, 6.45) is 5.23. The van der Waals surface area contributed by atoms with Crippen LogP contribution in [0.1, 0.15) is 50.6 Å². The van der Waals surface area contributed by atoms with E-state index in [2.05, 4.69) is 52.8 Å². The zero-order valence-electron chi connectivity index (χ0n) is 17.6. The summed E-state index contributed by atoms with van der Waals surface area (Å²) in [5, 5.41) is 6.80. The third-order valence-electron chi connectivity index (χ3n) is 5.60. The SMILES string of the molecule is CCNC(=NCC(c1ccccc1)N1CCCC1)NCCCN1CCCC1=O.I. The highest BCUT2D eigenvalue weighted by molar-refractivity contribution is 14.0. The molecule has 1 unspecified atom stereocenters. The van der Waals surface area contributed by atoms with E-state index in [4.69, 9.17) is 4.99 Å². The fourth-order valence-electron chi connectivity index (χ4n) is 4.10. The average Bonchev–Trinajstić information content (AvgIpc) is 3.38. The van der Waals surface area contributed by atoms with E-state index in [1.807, 2.05) is 4.90 Å². The van der Waals surface area contributed by atoms with E-state index < -0.39 is 0 Å². The van der Waals surface area contributed by atoms with Crippen LogP contribution in [0.4, 0.5) is 0 Å². The van der Waals surface area contributed by atoms with Crippen molar-refractivity contribution in [1.29, 1.82) is 0 Å². The number of guanidine groups is 1. The van der Waals surface area contributed by atoms with Gasteiger partial charge in [-0.05, 0) is 51.3 Å². The number of likely N-dealkylation sites (tertiary alicyclic amines) is 2. The molecule has 0 aliphatic carbocycles. The molecule has 6 nitrogen and oxygen atoms in total. The quantitative estimate of drug-likeness (QED) is 0.231. The topological polar surface area (TPSA) is 60.0 Å². The Bertz CT molecular complexity index is 633. The molecule has 2 heterocycles. The lowest BCUT2D eigenvalue weighted by atomic mass is 10.1. The van der Waals surface area contributed by atoms with Gasteiger partial charge in [0.15, 0.2) is 5.96 Å². The largest absolute Gasteiger partial charge is 0.357 e. The summed E-state index contributed by atoms with van der Waals surface area (Å²) in [5.74, 6) is 1.17. The van der Waals surface area contributed by atoms with E-state index >= 15 is 0 Å². The Labute approximate surface area is 192 Å². The van der Waals surface area contributed by atoms with Gasteiger partial charge in [-0.2, -0.15) is 0 Å². The van der Waals surface area contributed by atoms with E-state index in [1.54, 1.807) is 0 Å². The second kappa shape index (κ2) is 13.1. The predicted molar refractivity (Wildman–Crippen MR) is 130 cm³/mol. The highest BCUT2D eigenvalue weighted by Gasteiger charge is 2.23. The number of halogens is 1. The Morgan fingerprint density at radius 3 is 2.52 bits per heavy atom. The van der Waals surface area contributed by atoms with Crippen LogP contribution in [0, 0.1) is 0 Å². The molecule has 1 atom stereocenters. The maximum Gasteiger partial charge on any atom is 0.222 e. The van der Waals surface area contributed by atoms with Crippen molar-refractivity contribution >= 4 is 35.8 Å². The lowest BCUT2D eigenvalue weighted by Crippen LogP contribution is -2.39. The van der Waals surface area contributed by atoms with E-state index in [0.717, 1.165) is 71.0 Å². The summed E-state index contributed by atoms with van der Waals surface area (Å²) in [5.41, 5.74) is 1.34. The number of hydrogen-bond acceptors (Lipinski definition) is 3. The Morgan fingerprint density at radius 2 is 1.86 bits per heavy atom. The molecular weight excluding hydrogens is 477 g/mol. The summed E-state index contributed by atoms with van der Waals surface area (Å²) in [6.45, 7) is 8.59. The van der Waals surface area contributed by atoms with E-state index in [1.165, 1.54) is 18.4 Å². The molecule has 3 rings (SSSR count). The number of amides is 1. The van der Waals surface area contributed by atoms with Crippen molar-refractivity contribution in [2.24, 2.45) is 4.99 Å². The number of carbonyl (C=O) groups is 1. The lowest BCUT2D eigenvalue weighted by Gasteiger charge is -2.27. The minimum Gasteiger partial charge on any atom is -0.357 e. The first-order valence-electron chi connectivity index (χ1n) is 10.9. The van der Waals surface area contributed by atoms with Crippen LogP contribution >= 0.6 is 24.0 Å². The Hall–Kier alpha value is -1.35. The Morgan fingerprint density at radius 1 is 1.10 bits per heavy atom. The zero-order chi connectivity index (χ0) is 19.6. The van der Waals surface area contributed by atoms with Gasteiger partial charge in [0.1, 0.15) is 0 Å². The molecule has 0 spiro atoms. The fourth-order valence-corrected chi connectivity index (χ4v) is 4.10. The van der Waals surface area contributed by atoms with Crippen LogP contribution in [-0.2, 0) is 4.79 Å². The van der Waals surface area contributed by atoms with Crippen LogP contribution in [0.5, 0.6) is 0 Å². The number of nitrogens with one attached hydrogen (secondary N) is 2. The smallest absolute Gasteiger partial charge is 0.222 e. The second-order valence-electron chi connectivity index (χ2n) is 7.65. The van der Waals surface area contributed by atoms with E-state index in [9.17, 15) is 4.79 Å². The van der Waals surface area contributed by atoms with Gasteiger partial charge in [0, 0.05) is 32.6 Å². The van der Waals surface area contributed by atoms with Gasteiger partial charge < -0.3 is 15.5 Å². The van der Waals surface area contributed by atoms with Crippen molar-refractivity contribution < 1.29 is 4.79 Å². The van der Waals surface area contributed by atoms with Crippen LogP contribution in [0.25, 0.3) is 0 Å². The molecule has 162 valence electrons. The summed E-state index contributed by atoms with van der Waals surface area (Å²) >= 11 is 0. The molecule has 2 saturated heterocycles. The van der Waals surface area contributed by atoms with Crippen LogP contribution in [0.15, 0.2) is 35.3 Å². The standard InChI is InChI=1S/C22H35N5O.HI/c1-2-23-22(24-13-9-17-27-16-8-12-21(27)28)25-18-20(26-14-6-7-15-26)19-10-4-3-5-11-19;/h3-5,10-11,20H,2,6-9,12-18H2,1H3,(H2,23,24,25);1H. The number of nitrogens with zero attached hydrogens (tertiary/aromatic N) is 3. The lowest BCUT2D eigenvalue weighted by molar-refractivity contribution is -0.127. The van der Waals surface area contributed by atoms with Gasteiger partial charge in [0.2, 0.25) is 5.91 Å². The van der Waals surface area contributed by atoms with Crippen LogP contribution in [-0.4, -0.2) is 67.5 Å². The van der Waals surface area contributed by atoms with Gasteiger partial charge in [0.05, 0.1) is 12.6 Å². The first-order valence-corrected chi connectivity index (χ1v) is 10.9. The molecule has 7 heteroatoms. The maximum atomic E-state index is 11.7. The molecule has 1 aromatic carbocycles. The minimum atomic E-state index is 0. The Balaban J connectivity index is 0.00000300. The third kappa shape index (κ3) is 7.44. The van der Waals surface area contributed by atoms with Crippen molar-refractivity contribution in [3.63, 3.8) is 0 Å². The maximum absolute atomic E-state index is 11.7. The molecule has 1 aromatic rings. The minimum absolute atomic E-state index is 0. The van der Waals surface area contributed by atoms with Gasteiger partial charge in [-0.25, -0.2) is 0 Å². The summed E-state index contributed by atoms with van der Waals surface area (Å²) < 4.78 is 0. The van der Waals surface area contributed by atoms with Gasteiger partial charge >= 0.3 is 0 Å². The summed E-state index contributed by atoms with van der Waals surface area (Å²) in [4.78, 5) is 21.1. The first kappa shape index (κ1) is 23.9. The number of rotatable bonds is 9. The van der Waals surface area contributed by atoms with Gasteiger partial charge in [0.25, 0.3) is 0 Å². The van der Waals surface area contributed by atoms with Crippen LogP contribution < -0.4 is 10.6 Å². The van der Waals surface area contributed by atoms with Crippen molar-refractivity contribution in [2.75, 3.05) is 45.8 Å². The molecule has 2 fully saturated rings. The molecule has 2 aliphatic heterocycles. The highest BCUT2D eigenvalue weighted by atomic mass is 127. The van der Waals surface area contributed by atoms with E-state index in [0.29, 0.717) is 11.9 Å². The molecule has 0 bridgehead atoms. The van der Waals surface area contributed by atoms with Crippen molar-refractivity contribution in [2.45, 2.75) is 45.1 Å². The molecule has 1 amide bonds. The highest BCUT2D eigenvalue weighted by Crippen LogP contribution is 2.25. The molecule has 0 aromatic heterocycles. The van der Waals surface area contributed by atoms with Crippen molar-refractivity contribution in [1.82, 2.24) is 20.4 Å². The number of benzene rings is 1. The van der Waals surface area contributed by atoms with Gasteiger partial charge in [-0.3, -0.25) is 14.7 Å². The summed E-state index contributed by atoms with van der Waals surface area (Å²) in [7, 11) is 0.